The molecule has 0 saturated carbocycles. The summed E-state index contributed by atoms with van der Waals surface area (Å²) in [5.41, 5.74) is 11.7. The van der Waals surface area contributed by atoms with Gasteiger partial charge in [0.2, 0.25) is 0 Å². The van der Waals surface area contributed by atoms with E-state index in [4.69, 9.17) is 10.5 Å². The van der Waals surface area contributed by atoms with Crippen molar-refractivity contribution in [2.24, 2.45) is 0 Å². The van der Waals surface area contributed by atoms with Gasteiger partial charge in [0.15, 0.2) is 5.13 Å². The molecular formula is C17H24N4OS. The van der Waals surface area contributed by atoms with E-state index in [1.165, 1.54) is 29.7 Å². The number of nitrogen functional groups attached to an aromatic ring is 1. The van der Waals surface area contributed by atoms with E-state index in [9.17, 15) is 0 Å². The van der Waals surface area contributed by atoms with Gasteiger partial charge >= 0.3 is 0 Å². The van der Waals surface area contributed by atoms with Gasteiger partial charge in [0.05, 0.1) is 19.3 Å². The van der Waals surface area contributed by atoms with Gasteiger partial charge in [0.25, 0.3) is 0 Å². The molecule has 1 aliphatic rings. The number of anilines is 1. The summed E-state index contributed by atoms with van der Waals surface area (Å²) >= 11 is 1.58. The molecule has 6 heteroatoms. The number of thiazole rings is 1. The number of nitrogens with zero attached hydrogens (tertiary/aromatic N) is 2. The summed E-state index contributed by atoms with van der Waals surface area (Å²) in [5, 5.41) is 2.94. The fourth-order valence-electron chi connectivity index (χ4n) is 2.89. The number of aromatic nitrogens is 1. The first-order valence-electron chi connectivity index (χ1n) is 8.10. The lowest BCUT2D eigenvalue weighted by Crippen LogP contribution is -2.41. The number of methoxy groups -OCH3 is 1. The van der Waals surface area contributed by atoms with E-state index in [0.29, 0.717) is 5.13 Å². The van der Waals surface area contributed by atoms with Crippen LogP contribution in [0.15, 0.2) is 24.3 Å². The number of hydrogen-bond donors (Lipinski definition) is 2. The van der Waals surface area contributed by atoms with Crippen molar-refractivity contribution >= 4 is 16.5 Å². The third kappa shape index (κ3) is 4.43. The Balaban J connectivity index is 1.67. The number of ether oxygens (including phenoxy) is 1. The number of benzene rings is 1. The lowest BCUT2D eigenvalue weighted by Gasteiger charge is -2.26. The summed E-state index contributed by atoms with van der Waals surface area (Å²) in [6, 6.07) is 8.16. The van der Waals surface area contributed by atoms with Crippen molar-refractivity contribution in [2.45, 2.75) is 32.2 Å². The zero-order valence-electron chi connectivity index (χ0n) is 13.5. The van der Waals surface area contributed by atoms with Gasteiger partial charge in [0, 0.05) is 24.4 Å². The standard InChI is InChI=1S/C17H24N4OS/c1-22-14-7-5-6-13(10-14)11-16-15(20-17(18)23-16)12-19-21-8-3-2-4-9-21/h5-7,10,19H,2-4,8-9,11-12H2,1H3,(H2,18,20). The average molecular weight is 332 g/mol. The van der Waals surface area contributed by atoms with Crippen molar-refractivity contribution in [1.29, 1.82) is 0 Å². The molecule has 0 atom stereocenters. The molecule has 0 bridgehead atoms. The van der Waals surface area contributed by atoms with Crippen LogP contribution in [-0.4, -0.2) is 30.2 Å². The van der Waals surface area contributed by atoms with Crippen molar-refractivity contribution in [2.75, 3.05) is 25.9 Å². The molecule has 0 spiro atoms. The summed E-state index contributed by atoms with van der Waals surface area (Å²) in [6.45, 7) is 2.97. The second-order valence-corrected chi connectivity index (χ2v) is 6.95. The van der Waals surface area contributed by atoms with Crippen molar-refractivity contribution in [1.82, 2.24) is 15.4 Å². The first-order valence-corrected chi connectivity index (χ1v) is 8.91. The molecule has 0 radical (unpaired) electrons. The van der Waals surface area contributed by atoms with Gasteiger partial charge in [-0.1, -0.05) is 18.6 Å². The maximum Gasteiger partial charge on any atom is 0.180 e. The molecule has 0 aliphatic carbocycles. The maximum absolute atomic E-state index is 5.94. The van der Waals surface area contributed by atoms with Gasteiger partial charge in [-0.05, 0) is 30.5 Å². The normalized spacial score (nSPS) is 15.7. The molecule has 3 N–H and O–H groups in total. The fourth-order valence-corrected chi connectivity index (χ4v) is 3.77. The Labute approximate surface area is 141 Å². The zero-order chi connectivity index (χ0) is 16.1. The van der Waals surface area contributed by atoms with E-state index < -0.39 is 0 Å². The van der Waals surface area contributed by atoms with Gasteiger partial charge in [-0.25, -0.2) is 15.4 Å². The van der Waals surface area contributed by atoms with Gasteiger partial charge in [0.1, 0.15) is 5.75 Å². The Morgan fingerprint density at radius 1 is 1.30 bits per heavy atom. The number of piperidine rings is 1. The van der Waals surface area contributed by atoms with Crippen LogP contribution in [0.5, 0.6) is 5.75 Å². The highest BCUT2D eigenvalue weighted by atomic mass is 32.1. The molecule has 124 valence electrons. The van der Waals surface area contributed by atoms with E-state index in [-0.39, 0.29) is 0 Å². The minimum absolute atomic E-state index is 0.637. The minimum Gasteiger partial charge on any atom is -0.497 e. The smallest absolute Gasteiger partial charge is 0.180 e. The second-order valence-electron chi connectivity index (χ2n) is 5.83. The third-order valence-corrected chi connectivity index (χ3v) is 5.05. The number of hydrogen-bond acceptors (Lipinski definition) is 6. The summed E-state index contributed by atoms with van der Waals surface area (Å²) < 4.78 is 5.30. The third-order valence-electron chi connectivity index (χ3n) is 4.12. The molecular weight excluding hydrogens is 308 g/mol. The Morgan fingerprint density at radius 2 is 2.13 bits per heavy atom. The first kappa shape index (κ1) is 16.2. The highest BCUT2D eigenvalue weighted by Gasteiger charge is 2.14. The van der Waals surface area contributed by atoms with Crippen molar-refractivity contribution in [3.63, 3.8) is 0 Å². The van der Waals surface area contributed by atoms with Gasteiger partial charge in [-0.2, -0.15) is 0 Å². The second kappa shape index (κ2) is 7.77. The molecule has 2 aromatic rings. The van der Waals surface area contributed by atoms with Crippen molar-refractivity contribution in [3.05, 3.63) is 40.4 Å². The Morgan fingerprint density at radius 3 is 2.91 bits per heavy atom. The highest BCUT2D eigenvalue weighted by Crippen LogP contribution is 2.25. The van der Waals surface area contributed by atoms with Crippen molar-refractivity contribution in [3.8, 4) is 5.75 Å². The Bertz CT molecular complexity index is 637. The van der Waals surface area contributed by atoms with Crippen LogP contribution in [-0.2, 0) is 13.0 Å². The summed E-state index contributed by atoms with van der Waals surface area (Å²) in [6.07, 6.45) is 4.71. The van der Waals surface area contributed by atoms with Crippen LogP contribution >= 0.6 is 11.3 Å². The summed E-state index contributed by atoms with van der Waals surface area (Å²) in [4.78, 5) is 5.73. The molecule has 23 heavy (non-hydrogen) atoms. The molecule has 3 rings (SSSR count). The van der Waals surface area contributed by atoms with Crippen LogP contribution in [0.25, 0.3) is 0 Å². The molecule has 1 saturated heterocycles. The predicted molar refractivity (Wildman–Crippen MR) is 94.6 cm³/mol. The van der Waals surface area contributed by atoms with E-state index in [1.807, 2.05) is 12.1 Å². The average Bonchev–Trinajstić information content (AvgIpc) is 2.93. The molecule has 1 aromatic carbocycles. The van der Waals surface area contributed by atoms with Crippen LogP contribution in [0.1, 0.15) is 35.4 Å². The molecule has 5 nitrogen and oxygen atoms in total. The van der Waals surface area contributed by atoms with Crippen LogP contribution in [0.2, 0.25) is 0 Å². The predicted octanol–water partition coefficient (Wildman–Crippen LogP) is 2.82. The summed E-state index contributed by atoms with van der Waals surface area (Å²) in [5.74, 6) is 0.882. The first-order chi connectivity index (χ1) is 11.2. The van der Waals surface area contributed by atoms with Gasteiger partial charge in [-0.3, -0.25) is 0 Å². The number of nitrogens with two attached hydrogens (primary N) is 1. The lowest BCUT2D eigenvalue weighted by atomic mass is 10.1. The minimum atomic E-state index is 0.637. The van der Waals surface area contributed by atoms with E-state index >= 15 is 0 Å². The Hall–Kier alpha value is -1.63. The molecule has 1 aliphatic heterocycles. The number of rotatable bonds is 6. The van der Waals surface area contributed by atoms with Crippen LogP contribution in [0.3, 0.4) is 0 Å². The quantitative estimate of drug-likeness (QED) is 0.852. The van der Waals surface area contributed by atoms with Crippen LogP contribution in [0, 0.1) is 0 Å². The van der Waals surface area contributed by atoms with E-state index in [0.717, 1.165) is 37.5 Å². The molecule has 1 aromatic heterocycles. The van der Waals surface area contributed by atoms with E-state index in [2.05, 4.69) is 27.6 Å². The fraction of sp³-hybridized carbons (Fsp3) is 0.471. The zero-order valence-corrected chi connectivity index (χ0v) is 14.4. The molecule has 0 unspecified atom stereocenters. The molecule has 2 heterocycles. The monoisotopic (exact) mass is 332 g/mol. The van der Waals surface area contributed by atoms with Gasteiger partial charge in [-0.15, -0.1) is 11.3 Å². The molecule has 0 amide bonds. The molecule has 1 fully saturated rings. The van der Waals surface area contributed by atoms with Crippen molar-refractivity contribution < 1.29 is 4.74 Å². The topological polar surface area (TPSA) is 63.4 Å². The Kier molecular flexibility index (Phi) is 5.48. The van der Waals surface area contributed by atoms with Crippen LogP contribution in [0.4, 0.5) is 5.13 Å². The highest BCUT2D eigenvalue weighted by molar-refractivity contribution is 7.15. The largest absolute Gasteiger partial charge is 0.497 e. The summed E-state index contributed by atoms with van der Waals surface area (Å²) in [7, 11) is 1.69. The van der Waals surface area contributed by atoms with Crippen LogP contribution < -0.4 is 15.9 Å². The van der Waals surface area contributed by atoms with E-state index in [1.54, 1.807) is 18.4 Å². The number of hydrazine groups is 1. The number of nitrogens with one attached hydrogen (secondary N) is 1. The maximum atomic E-state index is 5.94. The van der Waals surface area contributed by atoms with Gasteiger partial charge < -0.3 is 10.5 Å². The lowest BCUT2D eigenvalue weighted by molar-refractivity contribution is 0.150. The SMILES string of the molecule is COc1cccc(Cc2sc(N)nc2CNN2CCCCC2)c1.